The maximum absolute atomic E-state index is 6.13. The number of hydrogen-bond donors (Lipinski definition) is 1. The van der Waals surface area contributed by atoms with Crippen LogP contribution < -0.4 is 14.8 Å². The molecule has 0 saturated carbocycles. The van der Waals surface area contributed by atoms with Crippen LogP contribution in [0.4, 0.5) is 11.5 Å². The van der Waals surface area contributed by atoms with Crippen molar-refractivity contribution in [3.8, 4) is 11.5 Å². The van der Waals surface area contributed by atoms with Gasteiger partial charge in [-0.25, -0.2) is 4.98 Å². The molecule has 20 heavy (non-hydrogen) atoms. The zero-order valence-corrected chi connectivity index (χ0v) is 13.7. The minimum Gasteiger partial charge on any atom is -0.495 e. The number of nitrogens with one attached hydrogen (secondary N) is 1. The molecule has 0 aliphatic carbocycles. The lowest BCUT2D eigenvalue weighted by atomic mass is 10.2. The Labute approximate surface area is 131 Å². The molecule has 1 N–H and O–H groups in total. The maximum Gasteiger partial charge on any atom is 0.146 e. The highest BCUT2D eigenvalue weighted by Gasteiger charge is 2.11. The molecule has 0 fully saturated rings. The molecule has 2 aromatic rings. The van der Waals surface area contributed by atoms with Crippen LogP contribution in [0.5, 0.6) is 11.5 Å². The largest absolute Gasteiger partial charge is 0.495 e. The molecule has 0 amide bonds. The van der Waals surface area contributed by atoms with Crippen molar-refractivity contribution in [2.45, 2.75) is 6.92 Å². The number of rotatable bonds is 4. The molecule has 1 aromatic carbocycles. The molecule has 1 heterocycles. The molecule has 0 atom stereocenters. The lowest BCUT2D eigenvalue weighted by molar-refractivity contribution is 0.396. The van der Waals surface area contributed by atoms with E-state index in [2.05, 4.69) is 26.2 Å². The van der Waals surface area contributed by atoms with Crippen molar-refractivity contribution in [2.75, 3.05) is 19.5 Å². The zero-order chi connectivity index (χ0) is 14.7. The van der Waals surface area contributed by atoms with Crippen LogP contribution in [0.3, 0.4) is 0 Å². The van der Waals surface area contributed by atoms with Crippen LogP contribution in [-0.4, -0.2) is 19.2 Å². The van der Waals surface area contributed by atoms with E-state index in [1.54, 1.807) is 32.5 Å². The molecule has 0 bridgehead atoms. The number of halogens is 2. The van der Waals surface area contributed by atoms with E-state index < -0.39 is 0 Å². The van der Waals surface area contributed by atoms with Crippen molar-refractivity contribution in [1.82, 2.24) is 4.98 Å². The molecule has 1 aromatic heterocycles. The van der Waals surface area contributed by atoms with E-state index in [9.17, 15) is 0 Å². The third-order valence-electron chi connectivity index (χ3n) is 2.78. The highest BCUT2D eigenvalue weighted by molar-refractivity contribution is 9.10. The summed E-state index contributed by atoms with van der Waals surface area (Å²) in [7, 11) is 3.15. The van der Waals surface area contributed by atoms with Crippen LogP contribution in [0.15, 0.2) is 28.9 Å². The van der Waals surface area contributed by atoms with Crippen molar-refractivity contribution in [3.63, 3.8) is 0 Å². The van der Waals surface area contributed by atoms with E-state index in [1.165, 1.54) is 0 Å². The molecule has 0 radical (unpaired) electrons. The highest BCUT2D eigenvalue weighted by atomic mass is 79.9. The number of ether oxygens (including phenoxy) is 2. The van der Waals surface area contributed by atoms with Crippen molar-refractivity contribution < 1.29 is 9.47 Å². The van der Waals surface area contributed by atoms with Gasteiger partial charge in [0, 0.05) is 16.7 Å². The quantitative estimate of drug-likeness (QED) is 0.870. The van der Waals surface area contributed by atoms with Crippen LogP contribution in [0.2, 0.25) is 5.02 Å². The normalized spacial score (nSPS) is 10.2. The minimum atomic E-state index is 0.504. The van der Waals surface area contributed by atoms with Gasteiger partial charge in [-0.1, -0.05) is 11.6 Å². The fourth-order valence-electron chi connectivity index (χ4n) is 1.70. The van der Waals surface area contributed by atoms with Gasteiger partial charge in [0.1, 0.15) is 17.3 Å². The Morgan fingerprint density at radius 3 is 2.45 bits per heavy atom. The predicted octanol–water partition coefficient (Wildman–Crippen LogP) is 4.57. The number of anilines is 2. The summed E-state index contributed by atoms with van der Waals surface area (Å²) in [5, 5.41) is 3.69. The second-order valence-electron chi connectivity index (χ2n) is 4.13. The first kappa shape index (κ1) is 14.9. The summed E-state index contributed by atoms with van der Waals surface area (Å²) >= 11 is 9.55. The van der Waals surface area contributed by atoms with Gasteiger partial charge < -0.3 is 14.8 Å². The summed E-state index contributed by atoms with van der Waals surface area (Å²) in [4.78, 5) is 4.29. The van der Waals surface area contributed by atoms with E-state index in [1.807, 2.05) is 13.0 Å². The maximum atomic E-state index is 6.13. The number of aromatic nitrogens is 1. The number of hydrogen-bond acceptors (Lipinski definition) is 4. The Morgan fingerprint density at radius 1 is 1.15 bits per heavy atom. The Hall–Kier alpha value is -1.46. The van der Waals surface area contributed by atoms with Gasteiger partial charge in [0.25, 0.3) is 0 Å². The average molecular weight is 358 g/mol. The standard InChI is InChI=1S/C14H14BrClN2O2/c1-8-4-14(17-7-9(8)15)18-11-5-10(16)12(19-2)6-13(11)20-3/h4-7H,1-3H3,(H,17,18). The monoisotopic (exact) mass is 356 g/mol. The molecule has 4 nitrogen and oxygen atoms in total. The van der Waals surface area contributed by atoms with Gasteiger partial charge in [-0.15, -0.1) is 0 Å². The Morgan fingerprint density at radius 2 is 1.85 bits per heavy atom. The second-order valence-corrected chi connectivity index (χ2v) is 5.39. The first-order valence-corrected chi connectivity index (χ1v) is 7.03. The molecule has 2 rings (SSSR count). The lowest BCUT2D eigenvalue weighted by Crippen LogP contribution is -1.98. The van der Waals surface area contributed by atoms with Gasteiger partial charge in [0.05, 0.1) is 24.9 Å². The molecular formula is C14H14BrClN2O2. The lowest BCUT2D eigenvalue weighted by Gasteiger charge is -2.13. The Balaban J connectivity index is 2.37. The first-order valence-electron chi connectivity index (χ1n) is 5.86. The van der Waals surface area contributed by atoms with Crippen molar-refractivity contribution in [2.24, 2.45) is 0 Å². The summed E-state index contributed by atoms with van der Waals surface area (Å²) in [6.45, 7) is 2.00. The van der Waals surface area contributed by atoms with Gasteiger partial charge in [-0.05, 0) is 40.5 Å². The van der Waals surface area contributed by atoms with E-state index in [0.717, 1.165) is 15.7 Å². The number of benzene rings is 1. The molecular weight excluding hydrogens is 344 g/mol. The smallest absolute Gasteiger partial charge is 0.146 e. The first-order chi connectivity index (χ1) is 9.55. The summed E-state index contributed by atoms with van der Waals surface area (Å²) < 4.78 is 11.5. The topological polar surface area (TPSA) is 43.4 Å². The number of methoxy groups -OCH3 is 2. The predicted molar refractivity (Wildman–Crippen MR) is 84.5 cm³/mol. The van der Waals surface area contributed by atoms with Crippen molar-refractivity contribution >= 4 is 39.0 Å². The molecule has 6 heteroatoms. The van der Waals surface area contributed by atoms with Crippen molar-refractivity contribution in [3.05, 3.63) is 39.5 Å². The Bertz CT molecular complexity index is 635. The van der Waals surface area contributed by atoms with E-state index in [-0.39, 0.29) is 0 Å². The summed E-state index contributed by atoms with van der Waals surface area (Å²) in [5.74, 6) is 1.91. The van der Waals surface area contributed by atoms with Crippen LogP contribution in [0.1, 0.15) is 5.56 Å². The number of aryl methyl sites for hydroxylation is 1. The number of nitrogens with zero attached hydrogens (tertiary/aromatic N) is 1. The van der Waals surface area contributed by atoms with Gasteiger partial charge in [0.2, 0.25) is 0 Å². The minimum absolute atomic E-state index is 0.504. The zero-order valence-electron chi connectivity index (χ0n) is 11.3. The number of pyridine rings is 1. The molecule has 0 aliphatic heterocycles. The van der Waals surface area contributed by atoms with Gasteiger partial charge >= 0.3 is 0 Å². The van der Waals surface area contributed by atoms with Crippen molar-refractivity contribution in [1.29, 1.82) is 0 Å². The molecule has 0 spiro atoms. The van der Waals surface area contributed by atoms with Gasteiger partial charge in [-0.2, -0.15) is 0 Å². The van der Waals surface area contributed by atoms with Crippen LogP contribution in [0.25, 0.3) is 0 Å². The van der Waals surface area contributed by atoms with E-state index in [4.69, 9.17) is 21.1 Å². The fraction of sp³-hybridized carbons (Fsp3) is 0.214. The summed E-state index contributed by atoms with van der Waals surface area (Å²) in [6, 6.07) is 5.41. The molecule has 0 saturated heterocycles. The summed E-state index contributed by atoms with van der Waals surface area (Å²) in [6.07, 6.45) is 1.75. The third kappa shape index (κ3) is 3.16. The van der Waals surface area contributed by atoms with E-state index in [0.29, 0.717) is 22.3 Å². The Kier molecular flexibility index (Phi) is 4.73. The van der Waals surface area contributed by atoms with Crippen LogP contribution >= 0.6 is 27.5 Å². The van der Waals surface area contributed by atoms with Crippen LogP contribution in [-0.2, 0) is 0 Å². The molecule has 0 aliphatic rings. The highest BCUT2D eigenvalue weighted by Crippen LogP contribution is 2.37. The molecule has 106 valence electrons. The third-order valence-corrected chi connectivity index (χ3v) is 3.91. The SMILES string of the molecule is COc1cc(OC)c(Nc2cc(C)c(Br)cn2)cc1Cl. The van der Waals surface area contributed by atoms with Crippen LogP contribution in [0, 0.1) is 6.92 Å². The summed E-state index contributed by atoms with van der Waals surface area (Å²) in [5.41, 5.74) is 1.81. The second kappa shape index (κ2) is 6.33. The van der Waals surface area contributed by atoms with E-state index >= 15 is 0 Å². The van der Waals surface area contributed by atoms with Gasteiger partial charge in [0.15, 0.2) is 0 Å². The fourth-order valence-corrected chi connectivity index (χ4v) is 2.16. The molecule has 0 unspecified atom stereocenters. The average Bonchev–Trinajstić information content (AvgIpc) is 2.43. The van der Waals surface area contributed by atoms with Gasteiger partial charge in [-0.3, -0.25) is 0 Å².